The number of amides is 1. The average molecular weight is 245 g/mol. The van der Waals surface area contributed by atoms with Gasteiger partial charge in [0.2, 0.25) is 0 Å². The number of rotatable bonds is 3. The summed E-state index contributed by atoms with van der Waals surface area (Å²) in [5, 5.41) is 19.7. The van der Waals surface area contributed by atoms with E-state index in [-0.39, 0.29) is 0 Å². The van der Waals surface area contributed by atoms with E-state index in [0.717, 1.165) is 5.56 Å². The number of nitrogens with zero attached hydrogens (tertiary/aromatic N) is 2. The summed E-state index contributed by atoms with van der Waals surface area (Å²) in [5.74, 6) is 0. The third-order valence-corrected chi connectivity index (χ3v) is 2.74. The van der Waals surface area contributed by atoms with Crippen molar-refractivity contribution in [2.24, 2.45) is 0 Å². The summed E-state index contributed by atoms with van der Waals surface area (Å²) in [7, 11) is 0. The summed E-state index contributed by atoms with van der Waals surface area (Å²) in [4.78, 5) is 12.4. The lowest BCUT2D eigenvalue weighted by atomic mass is 10.0. The molecule has 1 aromatic rings. The minimum Gasteiger partial charge on any atom is -0.530 e. The Balaban J connectivity index is 2.68. The van der Waals surface area contributed by atoms with Crippen LogP contribution in [0.3, 0.4) is 0 Å². The Labute approximate surface area is 107 Å². The standard InChI is InChI=1S/C14H18N2O2/c1-14(2,3)16(13(17)18)9-8-11-4-6-12(10-15)7-5-11/h4-7H,8-9H2,1-3H3,(H,17,18)/p-1. The Morgan fingerprint density at radius 1 is 1.33 bits per heavy atom. The zero-order valence-corrected chi connectivity index (χ0v) is 10.9. The number of hydrogen-bond donors (Lipinski definition) is 0. The van der Waals surface area contributed by atoms with Crippen LogP contribution >= 0.6 is 0 Å². The molecular formula is C14H17N2O2-. The zero-order valence-electron chi connectivity index (χ0n) is 10.9. The second kappa shape index (κ2) is 5.54. The highest BCUT2D eigenvalue weighted by Gasteiger charge is 2.20. The van der Waals surface area contributed by atoms with Crippen LogP contribution in [0.15, 0.2) is 24.3 Å². The van der Waals surface area contributed by atoms with Crippen LogP contribution in [0.5, 0.6) is 0 Å². The highest BCUT2D eigenvalue weighted by atomic mass is 16.4. The molecule has 1 rings (SSSR count). The molecule has 1 aromatic carbocycles. The normalized spacial score (nSPS) is 10.8. The quantitative estimate of drug-likeness (QED) is 0.811. The molecule has 1 amide bonds. The molecule has 0 atom stereocenters. The monoisotopic (exact) mass is 245 g/mol. The first-order chi connectivity index (χ1) is 8.34. The first kappa shape index (κ1) is 14.0. The van der Waals surface area contributed by atoms with E-state index in [0.29, 0.717) is 18.5 Å². The predicted octanol–water partition coefficient (Wildman–Crippen LogP) is 1.54. The van der Waals surface area contributed by atoms with Gasteiger partial charge in [0.25, 0.3) is 0 Å². The Kier molecular flexibility index (Phi) is 4.33. The van der Waals surface area contributed by atoms with Crippen molar-refractivity contribution in [1.29, 1.82) is 5.26 Å². The molecule has 0 bridgehead atoms. The Morgan fingerprint density at radius 3 is 2.28 bits per heavy atom. The van der Waals surface area contributed by atoms with Crippen LogP contribution in [0.1, 0.15) is 31.9 Å². The lowest BCUT2D eigenvalue weighted by Gasteiger charge is -2.38. The third kappa shape index (κ3) is 3.77. The summed E-state index contributed by atoms with van der Waals surface area (Å²) in [6, 6.07) is 9.19. The van der Waals surface area contributed by atoms with Crippen molar-refractivity contribution in [3.05, 3.63) is 35.4 Å². The van der Waals surface area contributed by atoms with Gasteiger partial charge in [0.15, 0.2) is 0 Å². The molecule has 4 heteroatoms. The van der Waals surface area contributed by atoms with Crippen LogP contribution in [0, 0.1) is 11.3 Å². The predicted molar refractivity (Wildman–Crippen MR) is 66.7 cm³/mol. The highest BCUT2D eigenvalue weighted by Crippen LogP contribution is 2.14. The first-order valence-electron chi connectivity index (χ1n) is 5.82. The Hall–Kier alpha value is -2.02. The van der Waals surface area contributed by atoms with E-state index in [1.807, 2.05) is 39.0 Å². The molecule has 18 heavy (non-hydrogen) atoms. The largest absolute Gasteiger partial charge is 0.530 e. The van der Waals surface area contributed by atoms with Crippen LogP contribution in [0.4, 0.5) is 4.79 Å². The van der Waals surface area contributed by atoms with Gasteiger partial charge in [-0.1, -0.05) is 12.1 Å². The highest BCUT2D eigenvalue weighted by molar-refractivity contribution is 5.63. The number of nitriles is 1. The van der Waals surface area contributed by atoms with Crippen molar-refractivity contribution < 1.29 is 9.90 Å². The minimum atomic E-state index is -1.16. The first-order valence-corrected chi connectivity index (χ1v) is 5.82. The van der Waals surface area contributed by atoms with Crippen LogP contribution in [-0.4, -0.2) is 23.1 Å². The lowest BCUT2D eigenvalue weighted by molar-refractivity contribution is -0.270. The van der Waals surface area contributed by atoms with Crippen molar-refractivity contribution in [1.82, 2.24) is 4.90 Å². The number of carbonyl (C=O) groups is 1. The maximum atomic E-state index is 11.0. The van der Waals surface area contributed by atoms with Crippen LogP contribution in [0.25, 0.3) is 0 Å². The molecule has 0 saturated carbocycles. The van der Waals surface area contributed by atoms with Gasteiger partial charge in [0.1, 0.15) is 6.09 Å². The van der Waals surface area contributed by atoms with Crippen molar-refractivity contribution >= 4 is 6.09 Å². The molecule has 0 unspecified atom stereocenters. The van der Waals surface area contributed by atoms with Crippen molar-refractivity contribution in [3.8, 4) is 6.07 Å². The molecule has 0 heterocycles. The van der Waals surface area contributed by atoms with E-state index >= 15 is 0 Å². The summed E-state index contributed by atoms with van der Waals surface area (Å²) in [6.07, 6.45) is -0.548. The number of carboxylic acid groups (broad SMARTS) is 1. The van der Waals surface area contributed by atoms with Gasteiger partial charge >= 0.3 is 0 Å². The van der Waals surface area contributed by atoms with E-state index in [1.165, 1.54) is 4.90 Å². The van der Waals surface area contributed by atoms with Gasteiger partial charge < -0.3 is 14.8 Å². The topological polar surface area (TPSA) is 67.2 Å². The van der Waals surface area contributed by atoms with Gasteiger partial charge in [-0.25, -0.2) is 0 Å². The Bertz CT molecular complexity index is 452. The van der Waals surface area contributed by atoms with E-state index in [2.05, 4.69) is 0 Å². The number of benzene rings is 1. The van der Waals surface area contributed by atoms with E-state index in [1.54, 1.807) is 12.1 Å². The molecule has 0 N–H and O–H groups in total. The van der Waals surface area contributed by atoms with E-state index < -0.39 is 11.6 Å². The minimum absolute atomic E-state index is 0.387. The molecule has 0 aromatic heterocycles. The molecule has 4 nitrogen and oxygen atoms in total. The lowest BCUT2D eigenvalue weighted by Crippen LogP contribution is -2.52. The second-order valence-electron chi connectivity index (χ2n) is 5.15. The molecule has 96 valence electrons. The van der Waals surface area contributed by atoms with Gasteiger partial charge in [-0.3, -0.25) is 0 Å². The van der Waals surface area contributed by atoms with Crippen molar-refractivity contribution in [2.75, 3.05) is 6.54 Å². The fourth-order valence-corrected chi connectivity index (χ4v) is 1.69. The van der Waals surface area contributed by atoms with E-state index in [4.69, 9.17) is 5.26 Å². The summed E-state index contributed by atoms with van der Waals surface area (Å²) in [6.45, 7) is 5.89. The summed E-state index contributed by atoms with van der Waals surface area (Å²) < 4.78 is 0. The van der Waals surface area contributed by atoms with Crippen molar-refractivity contribution in [2.45, 2.75) is 32.7 Å². The molecule has 0 aliphatic rings. The molecule has 0 radical (unpaired) electrons. The third-order valence-electron chi connectivity index (χ3n) is 2.74. The van der Waals surface area contributed by atoms with Gasteiger partial charge in [-0.15, -0.1) is 0 Å². The van der Waals surface area contributed by atoms with Crippen LogP contribution in [0.2, 0.25) is 0 Å². The summed E-state index contributed by atoms with van der Waals surface area (Å²) >= 11 is 0. The second-order valence-corrected chi connectivity index (χ2v) is 5.15. The van der Waals surface area contributed by atoms with Crippen LogP contribution in [-0.2, 0) is 6.42 Å². The zero-order chi connectivity index (χ0) is 13.8. The number of carbonyl (C=O) groups excluding carboxylic acids is 1. The van der Waals surface area contributed by atoms with Gasteiger partial charge in [-0.2, -0.15) is 5.26 Å². The molecule has 0 spiro atoms. The molecular weight excluding hydrogens is 228 g/mol. The fraction of sp³-hybridized carbons (Fsp3) is 0.429. The van der Waals surface area contributed by atoms with Gasteiger partial charge in [-0.05, 0) is 44.9 Å². The molecule has 0 aliphatic heterocycles. The van der Waals surface area contributed by atoms with Crippen LogP contribution < -0.4 is 5.11 Å². The van der Waals surface area contributed by atoms with E-state index in [9.17, 15) is 9.90 Å². The molecule has 0 saturated heterocycles. The SMILES string of the molecule is CC(C)(C)N(CCc1ccc(C#N)cc1)C(=O)[O-]. The maximum absolute atomic E-state index is 11.0. The van der Waals surface area contributed by atoms with Gasteiger partial charge in [0, 0.05) is 12.1 Å². The average Bonchev–Trinajstić information content (AvgIpc) is 2.28. The fourth-order valence-electron chi connectivity index (χ4n) is 1.69. The maximum Gasteiger partial charge on any atom is 0.137 e. The van der Waals surface area contributed by atoms with Gasteiger partial charge in [0.05, 0.1) is 11.6 Å². The smallest absolute Gasteiger partial charge is 0.137 e. The Morgan fingerprint density at radius 2 is 1.89 bits per heavy atom. The van der Waals surface area contributed by atoms with Crippen molar-refractivity contribution in [3.63, 3.8) is 0 Å². The number of hydrogen-bond acceptors (Lipinski definition) is 3. The molecule has 0 fully saturated rings. The molecule has 0 aliphatic carbocycles. The summed E-state index contributed by atoms with van der Waals surface area (Å²) in [5.41, 5.74) is 1.14.